The summed E-state index contributed by atoms with van der Waals surface area (Å²) in [6.07, 6.45) is 3.41. The van der Waals surface area contributed by atoms with Gasteiger partial charge < -0.3 is 13.9 Å². The molecule has 0 bridgehead atoms. The van der Waals surface area contributed by atoms with E-state index in [1.807, 2.05) is 0 Å². The fraction of sp³-hybridized carbons (Fsp3) is 0.214. The van der Waals surface area contributed by atoms with Crippen molar-refractivity contribution in [2.24, 2.45) is 0 Å². The summed E-state index contributed by atoms with van der Waals surface area (Å²) in [7, 11) is 3.11. The Bertz CT molecular complexity index is 506. The number of hydrogen-bond acceptors (Lipinski definition) is 4. The van der Waals surface area contributed by atoms with Crippen LogP contribution in [0.4, 0.5) is 0 Å². The second-order valence-corrected chi connectivity index (χ2v) is 3.83. The van der Waals surface area contributed by atoms with Crippen molar-refractivity contribution in [1.82, 2.24) is 0 Å². The van der Waals surface area contributed by atoms with Crippen LogP contribution >= 0.6 is 0 Å². The zero-order valence-electron chi connectivity index (χ0n) is 10.3. The number of rotatable bonds is 5. The van der Waals surface area contributed by atoms with Crippen LogP contribution in [0.3, 0.4) is 0 Å². The standard InChI is InChI=1S/C14H14O4/c1-16-12-6-11(7-13(8-12)17-2)14(15)5-10-3-4-18-9-10/h3-4,6-9H,5H2,1-2H3. The molecular formula is C14H14O4. The fourth-order valence-corrected chi connectivity index (χ4v) is 1.65. The first-order chi connectivity index (χ1) is 8.72. The Kier molecular flexibility index (Phi) is 3.67. The lowest BCUT2D eigenvalue weighted by molar-refractivity contribution is 0.0992. The van der Waals surface area contributed by atoms with Gasteiger partial charge in [-0.1, -0.05) is 0 Å². The molecule has 0 saturated carbocycles. The molecule has 1 aromatic heterocycles. The first-order valence-corrected chi connectivity index (χ1v) is 5.50. The second kappa shape index (κ2) is 5.40. The zero-order chi connectivity index (χ0) is 13.0. The summed E-state index contributed by atoms with van der Waals surface area (Å²) in [5.41, 5.74) is 1.41. The molecule has 1 aromatic carbocycles. The lowest BCUT2D eigenvalue weighted by Gasteiger charge is -2.07. The molecule has 1 heterocycles. The lowest BCUT2D eigenvalue weighted by atomic mass is 10.0. The van der Waals surface area contributed by atoms with E-state index in [0.29, 0.717) is 23.5 Å². The van der Waals surface area contributed by atoms with Crippen molar-refractivity contribution < 1.29 is 18.7 Å². The Labute approximate surface area is 105 Å². The molecule has 0 amide bonds. The van der Waals surface area contributed by atoms with Gasteiger partial charge in [0.05, 0.1) is 26.7 Å². The summed E-state index contributed by atoms with van der Waals surface area (Å²) < 4.78 is 15.2. The molecule has 0 saturated heterocycles. The van der Waals surface area contributed by atoms with E-state index in [0.717, 1.165) is 5.56 Å². The highest BCUT2D eigenvalue weighted by Gasteiger charge is 2.11. The maximum Gasteiger partial charge on any atom is 0.167 e. The molecule has 0 unspecified atom stereocenters. The van der Waals surface area contributed by atoms with Gasteiger partial charge in [0, 0.05) is 18.1 Å². The quantitative estimate of drug-likeness (QED) is 0.761. The van der Waals surface area contributed by atoms with E-state index in [2.05, 4.69) is 0 Å². The van der Waals surface area contributed by atoms with Crippen molar-refractivity contribution in [2.75, 3.05) is 14.2 Å². The monoisotopic (exact) mass is 246 g/mol. The number of methoxy groups -OCH3 is 2. The first-order valence-electron chi connectivity index (χ1n) is 5.50. The summed E-state index contributed by atoms with van der Waals surface area (Å²) in [5.74, 6) is 1.20. The fourth-order valence-electron chi connectivity index (χ4n) is 1.65. The Hall–Kier alpha value is -2.23. The lowest BCUT2D eigenvalue weighted by Crippen LogP contribution is -2.03. The van der Waals surface area contributed by atoms with Crippen molar-refractivity contribution in [3.63, 3.8) is 0 Å². The molecule has 0 aliphatic rings. The predicted octanol–water partition coefficient (Wildman–Crippen LogP) is 2.72. The normalized spacial score (nSPS) is 10.1. The molecule has 0 spiro atoms. The van der Waals surface area contributed by atoms with Crippen LogP contribution in [0.1, 0.15) is 15.9 Å². The van der Waals surface area contributed by atoms with E-state index in [9.17, 15) is 4.79 Å². The molecule has 94 valence electrons. The van der Waals surface area contributed by atoms with Gasteiger partial charge in [-0.3, -0.25) is 4.79 Å². The van der Waals surface area contributed by atoms with Crippen LogP contribution in [0.2, 0.25) is 0 Å². The maximum atomic E-state index is 12.1. The predicted molar refractivity (Wildman–Crippen MR) is 66.3 cm³/mol. The molecule has 0 radical (unpaired) electrons. The molecule has 0 aliphatic carbocycles. The topological polar surface area (TPSA) is 48.7 Å². The van der Waals surface area contributed by atoms with Crippen LogP contribution in [-0.2, 0) is 6.42 Å². The average molecular weight is 246 g/mol. The van der Waals surface area contributed by atoms with Gasteiger partial charge in [-0.15, -0.1) is 0 Å². The minimum atomic E-state index is -0.00593. The van der Waals surface area contributed by atoms with Crippen LogP contribution in [0.25, 0.3) is 0 Å². The number of hydrogen-bond donors (Lipinski definition) is 0. The van der Waals surface area contributed by atoms with Gasteiger partial charge in [0.25, 0.3) is 0 Å². The minimum absolute atomic E-state index is 0.00593. The molecule has 18 heavy (non-hydrogen) atoms. The Morgan fingerprint density at radius 1 is 1.17 bits per heavy atom. The second-order valence-electron chi connectivity index (χ2n) is 3.83. The summed E-state index contributed by atoms with van der Waals surface area (Å²) in [5, 5.41) is 0. The van der Waals surface area contributed by atoms with Crippen LogP contribution in [0.5, 0.6) is 11.5 Å². The largest absolute Gasteiger partial charge is 0.497 e. The van der Waals surface area contributed by atoms with E-state index < -0.39 is 0 Å². The van der Waals surface area contributed by atoms with Crippen LogP contribution in [0.15, 0.2) is 41.2 Å². The molecule has 4 heteroatoms. The van der Waals surface area contributed by atoms with E-state index >= 15 is 0 Å². The Balaban J connectivity index is 2.23. The third-order valence-electron chi connectivity index (χ3n) is 2.62. The van der Waals surface area contributed by atoms with Gasteiger partial charge >= 0.3 is 0 Å². The molecule has 2 aromatic rings. The van der Waals surface area contributed by atoms with Crippen molar-refractivity contribution >= 4 is 5.78 Å². The van der Waals surface area contributed by atoms with Gasteiger partial charge in [0.2, 0.25) is 0 Å². The number of benzene rings is 1. The minimum Gasteiger partial charge on any atom is -0.497 e. The van der Waals surface area contributed by atoms with Crippen molar-refractivity contribution in [1.29, 1.82) is 0 Å². The van der Waals surface area contributed by atoms with Crippen LogP contribution < -0.4 is 9.47 Å². The number of ketones is 1. The highest BCUT2D eigenvalue weighted by atomic mass is 16.5. The summed E-state index contributed by atoms with van der Waals surface area (Å²) >= 11 is 0. The summed E-state index contributed by atoms with van der Waals surface area (Å²) in [6, 6.07) is 6.90. The molecular weight excluding hydrogens is 232 g/mol. The van der Waals surface area contributed by atoms with Gasteiger partial charge in [-0.2, -0.15) is 0 Å². The Morgan fingerprint density at radius 3 is 2.33 bits per heavy atom. The highest BCUT2D eigenvalue weighted by molar-refractivity contribution is 5.98. The van der Waals surface area contributed by atoms with Gasteiger partial charge in [0.1, 0.15) is 11.5 Å². The van der Waals surface area contributed by atoms with E-state index in [4.69, 9.17) is 13.9 Å². The van der Waals surface area contributed by atoms with Gasteiger partial charge in [0.15, 0.2) is 5.78 Å². The maximum absolute atomic E-state index is 12.1. The summed E-state index contributed by atoms with van der Waals surface area (Å²) in [6.45, 7) is 0. The van der Waals surface area contributed by atoms with Crippen LogP contribution in [0, 0.1) is 0 Å². The van der Waals surface area contributed by atoms with Crippen molar-refractivity contribution in [3.8, 4) is 11.5 Å². The van der Waals surface area contributed by atoms with Crippen molar-refractivity contribution in [2.45, 2.75) is 6.42 Å². The van der Waals surface area contributed by atoms with Gasteiger partial charge in [-0.25, -0.2) is 0 Å². The summed E-state index contributed by atoms with van der Waals surface area (Å²) in [4.78, 5) is 12.1. The molecule has 0 fully saturated rings. The number of ether oxygens (including phenoxy) is 2. The van der Waals surface area contributed by atoms with Crippen LogP contribution in [-0.4, -0.2) is 20.0 Å². The Morgan fingerprint density at radius 2 is 1.83 bits per heavy atom. The van der Waals surface area contributed by atoms with Gasteiger partial charge in [-0.05, 0) is 23.8 Å². The average Bonchev–Trinajstić information content (AvgIpc) is 2.90. The molecule has 4 nitrogen and oxygen atoms in total. The number of carbonyl (C=O) groups excluding carboxylic acids is 1. The molecule has 2 rings (SSSR count). The number of carbonyl (C=O) groups is 1. The zero-order valence-corrected chi connectivity index (χ0v) is 10.3. The van der Waals surface area contributed by atoms with E-state index in [1.54, 1.807) is 51.0 Å². The third kappa shape index (κ3) is 2.71. The van der Waals surface area contributed by atoms with Crippen molar-refractivity contribution in [3.05, 3.63) is 47.9 Å². The van der Waals surface area contributed by atoms with E-state index in [-0.39, 0.29) is 5.78 Å². The first kappa shape index (κ1) is 12.2. The molecule has 0 atom stereocenters. The number of Topliss-reactive ketones (excluding diaryl/α,β-unsaturated/α-hetero) is 1. The molecule has 0 aliphatic heterocycles. The highest BCUT2D eigenvalue weighted by Crippen LogP contribution is 2.23. The third-order valence-corrected chi connectivity index (χ3v) is 2.62. The van der Waals surface area contributed by atoms with E-state index in [1.165, 1.54) is 0 Å². The number of furan rings is 1. The SMILES string of the molecule is COc1cc(OC)cc(C(=O)Cc2ccoc2)c1. The smallest absolute Gasteiger partial charge is 0.167 e. The molecule has 0 N–H and O–H groups in total.